The largest absolute Gasteiger partial charge is 0.496 e. The number of benzene rings is 1. The van der Waals surface area contributed by atoms with Crippen LogP contribution in [0.25, 0.3) is 0 Å². The summed E-state index contributed by atoms with van der Waals surface area (Å²) < 4.78 is 45.1. The van der Waals surface area contributed by atoms with Crippen molar-refractivity contribution in [3.63, 3.8) is 0 Å². The zero-order chi connectivity index (χ0) is 17.7. The summed E-state index contributed by atoms with van der Waals surface area (Å²) in [7, 11) is 4.29. The number of hydrogen-bond acceptors (Lipinski definition) is 6. The second-order valence-corrected chi connectivity index (χ2v) is 5.55. The van der Waals surface area contributed by atoms with E-state index in [9.17, 15) is 13.9 Å². The monoisotopic (exact) mass is 346 g/mol. The van der Waals surface area contributed by atoms with Crippen LogP contribution in [0, 0.1) is 0 Å². The molecule has 2 rings (SSSR count). The van der Waals surface area contributed by atoms with Gasteiger partial charge in [0.15, 0.2) is 0 Å². The molecule has 8 heteroatoms. The van der Waals surface area contributed by atoms with Crippen LogP contribution in [-0.2, 0) is 0 Å². The van der Waals surface area contributed by atoms with Crippen LogP contribution in [0.5, 0.6) is 17.2 Å². The van der Waals surface area contributed by atoms with Gasteiger partial charge in [0.25, 0.3) is 5.92 Å². The summed E-state index contributed by atoms with van der Waals surface area (Å²) in [6.07, 6.45) is 0. The Balaban J connectivity index is 2.59. The van der Waals surface area contributed by atoms with E-state index in [1.54, 1.807) is 17.0 Å². The molecule has 1 heterocycles. The Labute approximate surface area is 140 Å². The van der Waals surface area contributed by atoms with Crippen LogP contribution in [0.1, 0.15) is 11.6 Å². The van der Waals surface area contributed by atoms with Gasteiger partial charge in [-0.15, -0.1) is 0 Å². The summed E-state index contributed by atoms with van der Waals surface area (Å²) in [5.74, 6) is -2.43. The van der Waals surface area contributed by atoms with E-state index in [4.69, 9.17) is 14.2 Å². The molecule has 1 fully saturated rings. The van der Waals surface area contributed by atoms with Crippen molar-refractivity contribution in [2.75, 3.05) is 54.1 Å². The van der Waals surface area contributed by atoms with Crippen molar-refractivity contribution in [2.24, 2.45) is 0 Å². The Morgan fingerprint density at radius 3 is 2.08 bits per heavy atom. The van der Waals surface area contributed by atoms with Crippen molar-refractivity contribution in [3.8, 4) is 17.2 Å². The molecule has 2 N–H and O–H groups in total. The summed E-state index contributed by atoms with van der Waals surface area (Å²) >= 11 is 0. The van der Waals surface area contributed by atoms with Crippen molar-refractivity contribution < 1.29 is 28.1 Å². The van der Waals surface area contributed by atoms with Gasteiger partial charge in [0.2, 0.25) is 0 Å². The van der Waals surface area contributed by atoms with Gasteiger partial charge in [-0.2, -0.15) is 0 Å². The first-order valence-corrected chi connectivity index (χ1v) is 7.71. The minimum absolute atomic E-state index is 0.210. The van der Waals surface area contributed by atoms with Crippen LogP contribution in [0.15, 0.2) is 12.1 Å². The van der Waals surface area contributed by atoms with Crippen LogP contribution < -0.4 is 19.5 Å². The molecule has 1 aromatic carbocycles. The molecule has 0 aromatic heterocycles. The maximum absolute atomic E-state index is 14.6. The predicted octanol–water partition coefficient (Wildman–Crippen LogP) is 1.29. The lowest BCUT2D eigenvalue weighted by atomic mass is 9.95. The van der Waals surface area contributed by atoms with Crippen LogP contribution >= 0.6 is 0 Å². The minimum Gasteiger partial charge on any atom is -0.496 e. The topological polar surface area (TPSA) is 63.2 Å². The maximum Gasteiger partial charge on any atom is 0.290 e. The fourth-order valence-corrected chi connectivity index (χ4v) is 2.99. The number of aliphatic hydroxyl groups excluding tert-OH is 1. The molecule has 136 valence electrons. The van der Waals surface area contributed by atoms with E-state index in [-0.39, 0.29) is 17.1 Å². The van der Waals surface area contributed by atoms with Crippen molar-refractivity contribution >= 4 is 0 Å². The van der Waals surface area contributed by atoms with Gasteiger partial charge < -0.3 is 24.6 Å². The van der Waals surface area contributed by atoms with E-state index < -0.39 is 18.6 Å². The molecule has 0 saturated carbocycles. The molecule has 0 spiro atoms. The third kappa shape index (κ3) is 3.71. The van der Waals surface area contributed by atoms with Crippen molar-refractivity contribution in [1.82, 2.24) is 10.2 Å². The number of alkyl halides is 2. The van der Waals surface area contributed by atoms with Gasteiger partial charge in [0, 0.05) is 38.3 Å². The molecule has 1 saturated heterocycles. The van der Waals surface area contributed by atoms with Crippen LogP contribution in [0.3, 0.4) is 0 Å². The van der Waals surface area contributed by atoms with E-state index in [1.165, 1.54) is 21.3 Å². The van der Waals surface area contributed by atoms with Gasteiger partial charge in [-0.1, -0.05) is 0 Å². The fourth-order valence-electron chi connectivity index (χ4n) is 2.99. The molecule has 0 bridgehead atoms. The van der Waals surface area contributed by atoms with E-state index in [1.807, 2.05) is 0 Å². The highest BCUT2D eigenvalue weighted by molar-refractivity contribution is 5.53. The van der Waals surface area contributed by atoms with Crippen molar-refractivity contribution in [2.45, 2.75) is 12.0 Å². The van der Waals surface area contributed by atoms with Crippen LogP contribution in [0.4, 0.5) is 8.78 Å². The lowest BCUT2D eigenvalue weighted by Gasteiger charge is -2.39. The molecule has 24 heavy (non-hydrogen) atoms. The van der Waals surface area contributed by atoms with Crippen LogP contribution in [0.2, 0.25) is 0 Å². The third-order valence-electron chi connectivity index (χ3n) is 4.15. The Morgan fingerprint density at radius 1 is 1.12 bits per heavy atom. The lowest BCUT2D eigenvalue weighted by molar-refractivity contribution is -0.119. The number of nitrogens with zero attached hydrogens (tertiary/aromatic N) is 1. The molecule has 1 aromatic rings. The Morgan fingerprint density at radius 2 is 1.67 bits per heavy atom. The average Bonchev–Trinajstić information content (AvgIpc) is 2.62. The maximum atomic E-state index is 14.6. The molecule has 0 radical (unpaired) electrons. The number of rotatable bonds is 7. The summed E-state index contributed by atoms with van der Waals surface area (Å²) in [5, 5.41) is 12.4. The zero-order valence-corrected chi connectivity index (χ0v) is 14.1. The smallest absolute Gasteiger partial charge is 0.290 e. The van der Waals surface area contributed by atoms with E-state index >= 15 is 0 Å². The molecule has 0 amide bonds. The highest BCUT2D eigenvalue weighted by atomic mass is 19.3. The number of ether oxygens (including phenoxy) is 3. The molecule has 1 aliphatic heterocycles. The Kier molecular flexibility index (Phi) is 6.20. The zero-order valence-electron chi connectivity index (χ0n) is 14.1. The van der Waals surface area contributed by atoms with E-state index in [0.717, 1.165) is 0 Å². The van der Waals surface area contributed by atoms with E-state index in [0.29, 0.717) is 31.9 Å². The van der Waals surface area contributed by atoms with Gasteiger partial charge in [-0.05, 0) is 0 Å². The second-order valence-electron chi connectivity index (χ2n) is 5.55. The van der Waals surface area contributed by atoms with Gasteiger partial charge in [-0.25, -0.2) is 8.78 Å². The minimum atomic E-state index is -3.35. The molecule has 0 aliphatic carbocycles. The summed E-state index contributed by atoms with van der Waals surface area (Å²) in [6, 6.07) is 1.72. The number of halogens is 2. The van der Waals surface area contributed by atoms with Crippen molar-refractivity contribution in [3.05, 3.63) is 17.7 Å². The first-order valence-electron chi connectivity index (χ1n) is 7.71. The van der Waals surface area contributed by atoms with Gasteiger partial charge >= 0.3 is 0 Å². The molecular weight excluding hydrogens is 322 g/mol. The number of aliphatic hydroxyl groups is 1. The fraction of sp³-hybridized carbons (Fsp3) is 0.625. The number of hydrogen-bond donors (Lipinski definition) is 2. The van der Waals surface area contributed by atoms with Gasteiger partial charge in [0.05, 0.1) is 26.9 Å². The first-order chi connectivity index (χ1) is 11.5. The van der Waals surface area contributed by atoms with E-state index in [2.05, 4.69) is 5.32 Å². The molecule has 6 nitrogen and oxygen atoms in total. The van der Waals surface area contributed by atoms with Gasteiger partial charge in [-0.3, -0.25) is 4.90 Å². The molecule has 1 atom stereocenters. The predicted molar refractivity (Wildman–Crippen MR) is 85.3 cm³/mol. The second kappa shape index (κ2) is 7.96. The molecular formula is C16H24F2N2O4. The Bertz CT molecular complexity index is 526. The molecule has 1 aliphatic rings. The highest BCUT2D eigenvalue weighted by Gasteiger charge is 2.47. The SMILES string of the molecule is COc1cc(OC)c([C@H](N2CCNCC2)C(F)(F)CO)c(OC)c1. The first kappa shape index (κ1) is 18.7. The van der Waals surface area contributed by atoms with Crippen molar-refractivity contribution in [1.29, 1.82) is 0 Å². The quantitative estimate of drug-likeness (QED) is 0.776. The highest BCUT2D eigenvalue weighted by Crippen LogP contribution is 2.46. The number of methoxy groups -OCH3 is 3. The average molecular weight is 346 g/mol. The Hall–Kier alpha value is -1.64. The van der Waals surface area contributed by atoms with Gasteiger partial charge in [0.1, 0.15) is 29.9 Å². The van der Waals surface area contributed by atoms with Crippen LogP contribution in [-0.4, -0.2) is 70.0 Å². The summed E-state index contributed by atoms with van der Waals surface area (Å²) in [5.41, 5.74) is 0.210. The third-order valence-corrected chi connectivity index (χ3v) is 4.15. The number of nitrogens with one attached hydrogen (secondary N) is 1. The standard InChI is InChI=1S/C16H24F2N2O4/c1-22-11-8-12(23-2)14(13(9-11)24-3)15(16(17,18)10-21)20-6-4-19-5-7-20/h8-9,15,19,21H,4-7,10H2,1-3H3/t15-/m0/s1. The summed E-state index contributed by atoms with van der Waals surface area (Å²) in [4.78, 5) is 1.64. The lowest BCUT2D eigenvalue weighted by Crippen LogP contribution is -2.51. The molecule has 0 unspecified atom stereocenters. The normalized spacial score (nSPS) is 17.4. The summed E-state index contributed by atoms with van der Waals surface area (Å²) in [6.45, 7) is 0.786. The number of piperazine rings is 1.